The highest BCUT2D eigenvalue weighted by molar-refractivity contribution is 5.79. The molecular weight excluding hydrogens is 414 g/mol. The molecule has 0 radical (unpaired) electrons. The monoisotopic (exact) mass is 451 g/mol. The third-order valence-corrected chi connectivity index (χ3v) is 6.19. The molecule has 33 heavy (non-hydrogen) atoms. The first kappa shape index (κ1) is 26.2. The summed E-state index contributed by atoms with van der Waals surface area (Å²) in [6.07, 6.45) is 7.33. The average Bonchev–Trinajstić information content (AvgIpc) is 2.80. The Morgan fingerprint density at radius 1 is 1.15 bits per heavy atom. The first-order chi connectivity index (χ1) is 15.6. The number of likely N-dealkylation sites (tertiary alicyclic amines) is 1. The van der Waals surface area contributed by atoms with Gasteiger partial charge in [-0.3, -0.25) is 4.79 Å². The van der Waals surface area contributed by atoms with Crippen molar-refractivity contribution >= 4 is 12.1 Å². The summed E-state index contributed by atoms with van der Waals surface area (Å²) in [7, 11) is 0. The molecular formula is C28H37NO4. The van der Waals surface area contributed by atoms with Gasteiger partial charge < -0.3 is 14.4 Å². The standard InChI is InChI=1S/C28H37NO4/c1-7-13-22(9-3)19-33-26(31)29-18-24(27(4,5)6)17-28(21-29,16-8-2)25(30)32-20-23-14-11-10-12-15-23/h7-15,24H,1-3,16-21H2,4-6H3/b22-13+/t24-,28-/m1/s1. The van der Waals surface area contributed by atoms with Gasteiger partial charge >= 0.3 is 12.1 Å². The smallest absolute Gasteiger partial charge is 0.410 e. The van der Waals surface area contributed by atoms with Crippen LogP contribution in [0.15, 0.2) is 79.9 Å². The van der Waals surface area contributed by atoms with Gasteiger partial charge in [0, 0.05) is 13.1 Å². The van der Waals surface area contributed by atoms with Crippen LogP contribution in [0.2, 0.25) is 0 Å². The van der Waals surface area contributed by atoms with E-state index in [1.165, 1.54) is 0 Å². The summed E-state index contributed by atoms with van der Waals surface area (Å²) in [5.41, 5.74) is 0.691. The van der Waals surface area contributed by atoms with Gasteiger partial charge in [0.2, 0.25) is 0 Å². The molecule has 0 N–H and O–H groups in total. The molecule has 5 nitrogen and oxygen atoms in total. The number of ether oxygens (including phenoxy) is 2. The van der Waals surface area contributed by atoms with Gasteiger partial charge in [0.1, 0.15) is 13.2 Å². The molecule has 1 aliphatic heterocycles. The van der Waals surface area contributed by atoms with E-state index in [4.69, 9.17) is 9.47 Å². The van der Waals surface area contributed by atoms with E-state index < -0.39 is 11.5 Å². The van der Waals surface area contributed by atoms with Gasteiger partial charge in [-0.05, 0) is 35.3 Å². The van der Waals surface area contributed by atoms with Crippen molar-refractivity contribution in [2.24, 2.45) is 16.7 Å². The molecule has 0 aromatic heterocycles. The maximum atomic E-state index is 13.4. The second kappa shape index (κ2) is 11.7. The minimum Gasteiger partial charge on any atom is -0.460 e. The summed E-state index contributed by atoms with van der Waals surface area (Å²) in [5.74, 6) is -0.220. The Morgan fingerprint density at radius 2 is 1.85 bits per heavy atom. The summed E-state index contributed by atoms with van der Waals surface area (Å²) in [6, 6.07) is 9.59. The summed E-state index contributed by atoms with van der Waals surface area (Å²) in [4.78, 5) is 28.1. The quantitative estimate of drug-likeness (QED) is 0.259. The highest BCUT2D eigenvalue weighted by Crippen LogP contribution is 2.44. The number of piperidine rings is 1. The Hall–Kier alpha value is -3.08. The number of hydrogen-bond acceptors (Lipinski definition) is 4. The van der Waals surface area contributed by atoms with Gasteiger partial charge in [0.15, 0.2) is 0 Å². The normalized spacial score (nSPS) is 21.1. The zero-order valence-corrected chi connectivity index (χ0v) is 20.2. The molecule has 1 saturated heterocycles. The van der Waals surface area contributed by atoms with E-state index in [0.717, 1.165) is 11.1 Å². The summed E-state index contributed by atoms with van der Waals surface area (Å²) >= 11 is 0. The van der Waals surface area contributed by atoms with Crippen LogP contribution in [-0.4, -0.2) is 36.7 Å². The predicted molar refractivity (Wildman–Crippen MR) is 132 cm³/mol. The number of benzene rings is 1. The van der Waals surface area contributed by atoms with E-state index in [9.17, 15) is 9.59 Å². The minimum atomic E-state index is -0.871. The molecule has 1 fully saturated rings. The van der Waals surface area contributed by atoms with E-state index in [-0.39, 0.29) is 37.1 Å². The molecule has 5 heteroatoms. The minimum absolute atomic E-state index is 0.0885. The SMILES string of the molecule is C=C/C=C(\C=C)COC(=O)N1C[C@H](C(C)(C)C)C[C@@](CC=C)(C(=O)OCc2ccccc2)C1. The van der Waals surface area contributed by atoms with Gasteiger partial charge in [-0.2, -0.15) is 0 Å². The Kier molecular flexibility index (Phi) is 9.27. The number of allylic oxidation sites excluding steroid dienone is 3. The van der Waals surface area contributed by atoms with Gasteiger partial charge in [-0.25, -0.2) is 4.79 Å². The van der Waals surface area contributed by atoms with Crippen LogP contribution in [0.25, 0.3) is 0 Å². The van der Waals surface area contributed by atoms with Gasteiger partial charge in [0.25, 0.3) is 0 Å². The highest BCUT2D eigenvalue weighted by Gasteiger charge is 2.50. The van der Waals surface area contributed by atoms with E-state index in [1.807, 2.05) is 30.3 Å². The van der Waals surface area contributed by atoms with Crippen LogP contribution < -0.4 is 0 Å². The van der Waals surface area contributed by atoms with Crippen molar-refractivity contribution in [3.8, 4) is 0 Å². The molecule has 0 unspecified atom stereocenters. The van der Waals surface area contributed by atoms with Crippen LogP contribution in [0, 0.1) is 16.7 Å². The van der Waals surface area contributed by atoms with Crippen molar-refractivity contribution < 1.29 is 19.1 Å². The lowest BCUT2D eigenvalue weighted by Gasteiger charge is -2.47. The Bertz CT molecular complexity index is 881. The lowest BCUT2D eigenvalue weighted by atomic mass is 9.66. The molecule has 0 aliphatic carbocycles. The Morgan fingerprint density at radius 3 is 2.42 bits per heavy atom. The molecule has 1 aromatic rings. The van der Waals surface area contributed by atoms with Crippen molar-refractivity contribution in [3.63, 3.8) is 0 Å². The molecule has 1 amide bonds. The van der Waals surface area contributed by atoms with Crippen LogP contribution in [0.3, 0.4) is 0 Å². The molecule has 0 bridgehead atoms. The molecule has 0 saturated carbocycles. The molecule has 1 heterocycles. The van der Waals surface area contributed by atoms with Crippen molar-refractivity contribution in [1.29, 1.82) is 0 Å². The number of esters is 1. The summed E-state index contributed by atoms with van der Waals surface area (Å²) in [5, 5.41) is 0. The van der Waals surface area contributed by atoms with E-state index in [1.54, 1.807) is 29.2 Å². The highest BCUT2D eigenvalue weighted by atomic mass is 16.6. The van der Waals surface area contributed by atoms with E-state index in [0.29, 0.717) is 19.4 Å². The maximum absolute atomic E-state index is 13.4. The molecule has 178 valence electrons. The van der Waals surface area contributed by atoms with E-state index >= 15 is 0 Å². The van der Waals surface area contributed by atoms with Crippen molar-refractivity contribution in [2.45, 2.75) is 40.2 Å². The van der Waals surface area contributed by atoms with Crippen LogP contribution >= 0.6 is 0 Å². The fourth-order valence-electron chi connectivity index (χ4n) is 4.11. The topological polar surface area (TPSA) is 55.8 Å². The molecule has 2 rings (SSSR count). The number of hydrogen-bond donors (Lipinski definition) is 0. The lowest BCUT2D eigenvalue weighted by Crippen LogP contribution is -2.55. The van der Waals surface area contributed by atoms with Crippen LogP contribution in [0.5, 0.6) is 0 Å². The van der Waals surface area contributed by atoms with Gasteiger partial charge in [-0.15, -0.1) is 6.58 Å². The number of nitrogens with zero attached hydrogens (tertiary/aromatic N) is 1. The van der Waals surface area contributed by atoms with Crippen molar-refractivity contribution in [1.82, 2.24) is 4.90 Å². The van der Waals surface area contributed by atoms with Crippen LogP contribution in [0.4, 0.5) is 4.79 Å². The molecule has 0 spiro atoms. The van der Waals surface area contributed by atoms with Gasteiger partial charge in [0.05, 0.1) is 5.41 Å². The molecule has 1 aliphatic rings. The third kappa shape index (κ3) is 7.21. The number of carbonyl (C=O) groups excluding carboxylic acids is 2. The second-order valence-corrected chi connectivity index (χ2v) is 9.72. The average molecular weight is 452 g/mol. The van der Waals surface area contributed by atoms with Gasteiger partial charge in [-0.1, -0.05) is 88.6 Å². The van der Waals surface area contributed by atoms with Crippen LogP contribution in [0.1, 0.15) is 39.2 Å². The van der Waals surface area contributed by atoms with E-state index in [2.05, 4.69) is 40.5 Å². The second-order valence-electron chi connectivity index (χ2n) is 9.72. The lowest BCUT2D eigenvalue weighted by molar-refractivity contribution is -0.163. The first-order valence-corrected chi connectivity index (χ1v) is 11.3. The molecule has 1 aromatic carbocycles. The Labute approximate surface area is 198 Å². The van der Waals surface area contributed by atoms with Crippen LogP contribution in [-0.2, 0) is 20.9 Å². The Balaban J connectivity index is 2.25. The van der Waals surface area contributed by atoms with Crippen molar-refractivity contribution in [3.05, 3.63) is 85.5 Å². The third-order valence-electron chi connectivity index (χ3n) is 6.19. The number of amides is 1. The number of rotatable bonds is 9. The first-order valence-electron chi connectivity index (χ1n) is 11.3. The fourth-order valence-corrected chi connectivity index (χ4v) is 4.11. The van der Waals surface area contributed by atoms with Crippen molar-refractivity contribution in [2.75, 3.05) is 19.7 Å². The summed E-state index contributed by atoms with van der Waals surface area (Å²) < 4.78 is 11.3. The number of carbonyl (C=O) groups is 2. The predicted octanol–water partition coefficient (Wildman–Crippen LogP) is 6.10. The maximum Gasteiger partial charge on any atom is 0.410 e. The zero-order valence-electron chi connectivity index (χ0n) is 20.2. The largest absolute Gasteiger partial charge is 0.460 e. The molecule has 2 atom stereocenters. The zero-order chi connectivity index (χ0) is 24.5. The fraction of sp³-hybridized carbons (Fsp3) is 0.429. The summed E-state index contributed by atoms with van der Waals surface area (Å²) in [6.45, 7) is 18.7.